The first kappa shape index (κ1) is 21.0. The van der Waals surface area contributed by atoms with E-state index in [0.29, 0.717) is 0 Å². The van der Waals surface area contributed by atoms with Gasteiger partial charge in [-0.05, 0) is 82.2 Å². The highest BCUT2D eigenvalue weighted by Crippen LogP contribution is 2.48. The van der Waals surface area contributed by atoms with Crippen LogP contribution in [-0.4, -0.2) is 27.0 Å². The molecule has 0 unspecified atom stereocenters. The number of carbonyl (C=O) groups is 2. The third-order valence-corrected chi connectivity index (χ3v) is 7.53. The summed E-state index contributed by atoms with van der Waals surface area (Å²) in [5, 5.41) is 11.8. The number of aromatic amines is 2. The Bertz CT molecular complexity index is 1450. The van der Waals surface area contributed by atoms with Gasteiger partial charge in [-0.1, -0.05) is 6.08 Å². The molecule has 7 nitrogen and oxygen atoms in total. The van der Waals surface area contributed by atoms with Crippen LogP contribution in [0.25, 0.3) is 22.3 Å². The zero-order chi connectivity index (χ0) is 23.8. The van der Waals surface area contributed by atoms with E-state index in [-0.39, 0.29) is 11.8 Å². The maximum absolute atomic E-state index is 13.7. The highest BCUT2D eigenvalue weighted by atomic mass is 16.2. The van der Waals surface area contributed by atoms with Crippen molar-refractivity contribution in [3.8, 4) is 11.4 Å². The van der Waals surface area contributed by atoms with E-state index in [1.54, 1.807) is 0 Å². The summed E-state index contributed by atoms with van der Waals surface area (Å²) in [7, 11) is 0. The van der Waals surface area contributed by atoms with Gasteiger partial charge in [-0.2, -0.15) is 5.10 Å². The van der Waals surface area contributed by atoms with Crippen LogP contribution in [0, 0.1) is 6.92 Å². The molecule has 2 aliphatic carbocycles. The number of hydrogen-bond acceptors (Lipinski definition) is 3. The molecule has 3 aliphatic rings. The van der Waals surface area contributed by atoms with E-state index >= 15 is 0 Å². The first-order valence-electron chi connectivity index (χ1n) is 12.0. The number of anilines is 1. The second kappa shape index (κ2) is 7.19. The zero-order valence-electron chi connectivity index (χ0n) is 20.1. The van der Waals surface area contributed by atoms with Gasteiger partial charge in [0.15, 0.2) is 0 Å². The van der Waals surface area contributed by atoms with E-state index in [2.05, 4.69) is 39.6 Å². The number of benzene rings is 1. The number of aryl methyl sites for hydroxylation is 2. The second-order valence-electron chi connectivity index (χ2n) is 10.2. The van der Waals surface area contributed by atoms with Gasteiger partial charge in [0.25, 0.3) is 0 Å². The van der Waals surface area contributed by atoms with Crippen molar-refractivity contribution < 1.29 is 9.59 Å². The minimum Gasteiger partial charge on any atom is -0.353 e. The SMILES string of the molecule is CC(=O)NC1=CCCC(N2C(=O)C(C)(C)c3cc4[nH]c5c(c4cc32)CCCc2c-5n[nH]c2C)=C1. The van der Waals surface area contributed by atoms with Gasteiger partial charge < -0.3 is 10.3 Å². The van der Waals surface area contributed by atoms with Gasteiger partial charge in [-0.25, -0.2) is 0 Å². The highest BCUT2D eigenvalue weighted by Gasteiger charge is 2.46. The molecule has 0 saturated heterocycles. The number of H-pyrrole nitrogens is 2. The molecule has 6 rings (SSSR count). The van der Waals surface area contributed by atoms with Crippen LogP contribution >= 0.6 is 0 Å². The summed E-state index contributed by atoms with van der Waals surface area (Å²) in [5.41, 5.74) is 9.88. The molecule has 0 spiro atoms. The topological polar surface area (TPSA) is 93.9 Å². The summed E-state index contributed by atoms with van der Waals surface area (Å²) in [5.74, 6) is -0.0382. The van der Waals surface area contributed by atoms with Crippen molar-refractivity contribution >= 4 is 28.4 Å². The maximum atomic E-state index is 13.7. The number of nitrogens with zero attached hydrogens (tertiary/aromatic N) is 2. The molecule has 0 bridgehead atoms. The Kier molecular flexibility index (Phi) is 4.43. The molecule has 1 aromatic carbocycles. The Hall–Kier alpha value is -3.61. The van der Waals surface area contributed by atoms with Crippen molar-refractivity contribution in [3.63, 3.8) is 0 Å². The second-order valence-corrected chi connectivity index (χ2v) is 10.2. The largest absolute Gasteiger partial charge is 0.353 e. The van der Waals surface area contributed by atoms with Gasteiger partial charge in [0.2, 0.25) is 11.8 Å². The Labute approximate surface area is 198 Å². The zero-order valence-corrected chi connectivity index (χ0v) is 20.1. The quantitative estimate of drug-likeness (QED) is 0.524. The summed E-state index contributed by atoms with van der Waals surface area (Å²) in [4.78, 5) is 30.8. The van der Waals surface area contributed by atoms with E-state index in [1.165, 1.54) is 18.1 Å². The van der Waals surface area contributed by atoms with Crippen molar-refractivity contribution in [2.24, 2.45) is 0 Å². The van der Waals surface area contributed by atoms with Crippen LogP contribution in [0.15, 0.2) is 35.7 Å². The molecule has 3 heterocycles. The first-order chi connectivity index (χ1) is 16.3. The lowest BCUT2D eigenvalue weighted by Gasteiger charge is -2.25. The standard InChI is InChI=1S/C27H29N5O2/c1-14-18-9-6-10-19-20-12-23-21(13-22(20)29-24(19)25(18)31-30-14)27(3,4)26(34)32(23)17-8-5-7-16(11-17)28-15(2)33/h7,11-13,29H,5-6,8-10H2,1-4H3,(H,28,33)(H,30,31). The Morgan fingerprint density at radius 1 is 1.18 bits per heavy atom. The van der Waals surface area contributed by atoms with Crippen LogP contribution in [0.4, 0.5) is 5.69 Å². The lowest BCUT2D eigenvalue weighted by molar-refractivity contribution is -0.121. The number of hydrogen-bond donors (Lipinski definition) is 3. The van der Waals surface area contributed by atoms with Crippen LogP contribution in [0.5, 0.6) is 0 Å². The number of amides is 2. The van der Waals surface area contributed by atoms with E-state index < -0.39 is 5.41 Å². The summed E-state index contributed by atoms with van der Waals surface area (Å²) in [6, 6.07) is 4.35. The van der Waals surface area contributed by atoms with Gasteiger partial charge in [-0.15, -0.1) is 0 Å². The fraction of sp³-hybridized carbons (Fsp3) is 0.370. The molecule has 1 aliphatic heterocycles. The molecule has 0 radical (unpaired) electrons. The minimum absolute atomic E-state index is 0.0711. The number of fused-ring (bicyclic) bond motifs is 6. The molecule has 2 amide bonds. The van der Waals surface area contributed by atoms with E-state index in [9.17, 15) is 9.59 Å². The van der Waals surface area contributed by atoms with Gasteiger partial charge >= 0.3 is 0 Å². The highest BCUT2D eigenvalue weighted by molar-refractivity contribution is 6.12. The fourth-order valence-electron chi connectivity index (χ4n) is 5.78. The monoisotopic (exact) mass is 455 g/mol. The smallest absolute Gasteiger partial charge is 0.241 e. The minimum atomic E-state index is -0.643. The average Bonchev–Trinajstić information content (AvgIpc) is 3.33. The predicted molar refractivity (Wildman–Crippen MR) is 132 cm³/mol. The predicted octanol–water partition coefficient (Wildman–Crippen LogP) is 4.68. The number of rotatable bonds is 2. The van der Waals surface area contributed by atoms with Crippen LogP contribution in [0.1, 0.15) is 62.4 Å². The molecule has 3 aromatic rings. The summed E-state index contributed by atoms with van der Waals surface area (Å²) >= 11 is 0. The van der Waals surface area contributed by atoms with Crippen LogP contribution in [0.3, 0.4) is 0 Å². The molecule has 3 N–H and O–H groups in total. The Morgan fingerprint density at radius 3 is 2.76 bits per heavy atom. The third kappa shape index (κ3) is 2.92. The number of aromatic nitrogens is 3. The lowest BCUT2D eigenvalue weighted by Crippen LogP contribution is -2.36. The van der Waals surface area contributed by atoms with Crippen LogP contribution in [0.2, 0.25) is 0 Å². The van der Waals surface area contributed by atoms with Crippen molar-refractivity contribution in [1.29, 1.82) is 0 Å². The van der Waals surface area contributed by atoms with E-state index in [1.807, 2.05) is 30.9 Å². The van der Waals surface area contributed by atoms with Gasteiger partial charge in [0, 0.05) is 40.5 Å². The average molecular weight is 456 g/mol. The molecule has 174 valence electrons. The third-order valence-electron chi connectivity index (χ3n) is 7.53. The van der Waals surface area contributed by atoms with E-state index in [4.69, 9.17) is 0 Å². The van der Waals surface area contributed by atoms with Crippen molar-refractivity contribution in [2.75, 3.05) is 4.90 Å². The van der Waals surface area contributed by atoms with E-state index in [0.717, 1.165) is 82.7 Å². The molecular formula is C27H29N5O2. The molecule has 0 saturated carbocycles. The van der Waals surface area contributed by atoms with Crippen molar-refractivity contribution in [2.45, 2.75) is 65.2 Å². The van der Waals surface area contributed by atoms with Crippen molar-refractivity contribution in [1.82, 2.24) is 20.5 Å². The molecule has 0 fully saturated rings. The fourth-order valence-corrected chi connectivity index (χ4v) is 5.78. The Morgan fingerprint density at radius 2 is 1.97 bits per heavy atom. The molecular weight excluding hydrogens is 426 g/mol. The molecule has 7 heteroatoms. The van der Waals surface area contributed by atoms with Gasteiger partial charge in [-0.3, -0.25) is 19.6 Å². The maximum Gasteiger partial charge on any atom is 0.241 e. The molecule has 2 aromatic heterocycles. The molecule has 34 heavy (non-hydrogen) atoms. The molecule has 0 atom stereocenters. The number of carbonyl (C=O) groups excluding carboxylic acids is 2. The van der Waals surface area contributed by atoms with Gasteiger partial charge in [0.1, 0.15) is 5.69 Å². The van der Waals surface area contributed by atoms with Crippen LogP contribution < -0.4 is 10.2 Å². The summed E-state index contributed by atoms with van der Waals surface area (Å²) < 4.78 is 0. The number of nitrogens with one attached hydrogen (secondary N) is 3. The Balaban J connectivity index is 1.53. The van der Waals surface area contributed by atoms with Crippen LogP contribution in [-0.2, 0) is 27.8 Å². The summed E-state index contributed by atoms with van der Waals surface area (Å²) in [6.07, 6.45) is 8.53. The normalized spacial score (nSPS) is 18.7. The van der Waals surface area contributed by atoms with Gasteiger partial charge in [0.05, 0.1) is 16.8 Å². The lowest BCUT2D eigenvalue weighted by atomic mass is 9.85. The first-order valence-corrected chi connectivity index (χ1v) is 12.0. The number of allylic oxidation sites excluding steroid dienone is 3. The summed E-state index contributed by atoms with van der Waals surface area (Å²) in [6.45, 7) is 7.58. The van der Waals surface area contributed by atoms with Crippen molar-refractivity contribution in [3.05, 3.63) is 58.1 Å².